The summed E-state index contributed by atoms with van der Waals surface area (Å²) in [4.78, 5) is 26.4. The Labute approximate surface area is 159 Å². The Kier molecular flexibility index (Phi) is 4.60. The predicted molar refractivity (Wildman–Crippen MR) is 104 cm³/mol. The molecule has 5 heteroatoms. The Bertz CT molecular complexity index is 865. The molecule has 2 amide bonds. The molecule has 0 aromatic heterocycles. The quantitative estimate of drug-likeness (QED) is 0.823. The molecular weight excluding hydrogens is 340 g/mol. The van der Waals surface area contributed by atoms with Gasteiger partial charge in [0, 0.05) is 18.8 Å². The standard InChI is InChI=1S/C22H24N2O3/c1-27-20(25)17-8-7-16-9-10-22(14-18(16)13-17)11-12-24(15-22)21(26)23-19-5-3-2-4-6-19/h2-8,13H,9-12,14-15H2,1H3,(H,23,26). The van der Waals surface area contributed by atoms with E-state index < -0.39 is 0 Å². The number of fused-ring (bicyclic) bond motifs is 1. The molecule has 0 saturated carbocycles. The minimum atomic E-state index is -0.298. The number of amides is 2. The SMILES string of the molecule is COC(=O)c1ccc2c(c1)CC1(CC2)CCN(C(=O)Nc2ccccc2)C1. The van der Waals surface area contributed by atoms with Crippen LogP contribution in [-0.2, 0) is 17.6 Å². The molecule has 27 heavy (non-hydrogen) atoms. The number of carbonyl (C=O) groups excluding carboxylic acids is 2. The Morgan fingerprint density at radius 2 is 1.89 bits per heavy atom. The van der Waals surface area contributed by atoms with Crippen molar-refractivity contribution < 1.29 is 14.3 Å². The largest absolute Gasteiger partial charge is 0.465 e. The fourth-order valence-corrected chi connectivity index (χ4v) is 4.35. The number of anilines is 1. The van der Waals surface area contributed by atoms with Crippen LogP contribution in [0.4, 0.5) is 10.5 Å². The van der Waals surface area contributed by atoms with Crippen LogP contribution in [0.15, 0.2) is 48.5 Å². The van der Waals surface area contributed by atoms with Gasteiger partial charge in [-0.15, -0.1) is 0 Å². The average Bonchev–Trinajstić information content (AvgIpc) is 3.11. The van der Waals surface area contributed by atoms with Crippen LogP contribution in [0.3, 0.4) is 0 Å². The number of benzene rings is 2. The summed E-state index contributed by atoms with van der Waals surface area (Å²) in [6.07, 6.45) is 3.97. The molecule has 2 aromatic rings. The number of hydrogen-bond donors (Lipinski definition) is 1. The topological polar surface area (TPSA) is 58.6 Å². The maximum atomic E-state index is 12.6. The number of likely N-dealkylation sites (tertiary alicyclic amines) is 1. The molecule has 1 fully saturated rings. The molecule has 0 bridgehead atoms. The smallest absolute Gasteiger partial charge is 0.337 e. The Balaban J connectivity index is 1.46. The van der Waals surface area contributed by atoms with Gasteiger partial charge < -0.3 is 15.0 Å². The maximum absolute atomic E-state index is 12.6. The molecule has 5 nitrogen and oxygen atoms in total. The second-order valence-corrected chi connectivity index (χ2v) is 7.62. The zero-order valence-electron chi connectivity index (χ0n) is 15.5. The molecule has 2 aliphatic rings. The van der Waals surface area contributed by atoms with Gasteiger partial charge in [-0.25, -0.2) is 9.59 Å². The molecule has 1 spiro atoms. The monoisotopic (exact) mass is 364 g/mol. The van der Waals surface area contributed by atoms with Crippen LogP contribution >= 0.6 is 0 Å². The average molecular weight is 364 g/mol. The summed E-state index contributed by atoms with van der Waals surface area (Å²) in [5, 5.41) is 2.98. The van der Waals surface area contributed by atoms with Gasteiger partial charge in [0.15, 0.2) is 0 Å². The summed E-state index contributed by atoms with van der Waals surface area (Å²) >= 11 is 0. The van der Waals surface area contributed by atoms with Crippen molar-refractivity contribution in [2.24, 2.45) is 5.41 Å². The van der Waals surface area contributed by atoms with Gasteiger partial charge in [-0.3, -0.25) is 0 Å². The third kappa shape index (κ3) is 3.54. The van der Waals surface area contributed by atoms with Crippen molar-refractivity contribution in [1.29, 1.82) is 0 Å². The van der Waals surface area contributed by atoms with E-state index in [1.165, 1.54) is 18.2 Å². The number of methoxy groups -OCH3 is 1. The zero-order chi connectivity index (χ0) is 18.9. The number of carbonyl (C=O) groups is 2. The third-order valence-electron chi connectivity index (χ3n) is 5.87. The number of nitrogens with one attached hydrogen (secondary N) is 1. The summed E-state index contributed by atoms with van der Waals surface area (Å²) in [5.74, 6) is -0.298. The van der Waals surface area contributed by atoms with E-state index in [2.05, 4.69) is 5.32 Å². The van der Waals surface area contributed by atoms with E-state index in [1.807, 2.05) is 53.4 Å². The lowest BCUT2D eigenvalue weighted by Gasteiger charge is -2.35. The number of aryl methyl sites for hydroxylation is 1. The zero-order valence-corrected chi connectivity index (χ0v) is 15.5. The molecule has 1 atom stereocenters. The number of urea groups is 1. The van der Waals surface area contributed by atoms with Crippen LogP contribution in [0.2, 0.25) is 0 Å². The van der Waals surface area contributed by atoms with E-state index in [9.17, 15) is 9.59 Å². The fourth-order valence-electron chi connectivity index (χ4n) is 4.35. The Morgan fingerprint density at radius 3 is 2.67 bits per heavy atom. The van der Waals surface area contributed by atoms with Crippen molar-refractivity contribution in [3.05, 3.63) is 65.2 Å². The van der Waals surface area contributed by atoms with Gasteiger partial charge in [0.25, 0.3) is 0 Å². The highest BCUT2D eigenvalue weighted by molar-refractivity contribution is 5.90. The van der Waals surface area contributed by atoms with Gasteiger partial charge in [-0.1, -0.05) is 24.3 Å². The molecule has 0 radical (unpaired) electrons. The molecule has 1 unspecified atom stereocenters. The van der Waals surface area contributed by atoms with Gasteiger partial charge in [-0.2, -0.15) is 0 Å². The first-order valence-electron chi connectivity index (χ1n) is 9.40. The van der Waals surface area contributed by atoms with Gasteiger partial charge in [-0.05, 0) is 66.5 Å². The maximum Gasteiger partial charge on any atom is 0.337 e. The van der Waals surface area contributed by atoms with Gasteiger partial charge in [0.05, 0.1) is 12.7 Å². The number of ether oxygens (including phenoxy) is 1. The van der Waals surface area contributed by atoms with Crippen LogP contribution in [0.25, 0.3) is 0 Å². The van der Waals surface area contributed by atoms with Crippen molar-refractivity contribution in [3.8, 4) is 0 Å². The fraction of sp³-hybridized carbons (Fsp3) is 0.364. The molecule has 2 aromatic carbocycles. The van der Waals surface area contributed by atoms with Crippen molar-refractivity contribution in [1.82, 2.24) is 4.90 Å². The lowest BCUT2D eigenvalue weighted by molar-refractivity contribution is 0.0600. The second kappa shape index (κ2) is 7.06. The van der Waals surface area contributed by atoms with E-state index in [-0.39, 0.29) is 17.4 Å². The number of hydrogen-bond acceptors (Lipinski definition) is 3. The summed E-state index contributed by atoms with van der Waals surface area (Å²) in [6, 6.07) is 15.4. The normalized spacial score (nSPS) is 21.0. The van der Waals surface area contributed by atoms with Gasteiger partial charge in [0.1, 0.15) is 0 Å². The summed E-state index contributed by atoms with van der Waals surface area (Å²) in [5.41, 5.74) is 4.05. The van der Waals surface area contributed by atoms with Crippen molar-refractivity contribution in [3.63, 3.8) is 0 Å². The summed E-state index contributed by atoms with van der Waals surface area (Å²) < 4.78 is 4.85. The minimum absolute atomic E-state index is 0.0350. The molecule has 1 saturated heterocycles. The number of rotatable bonds is 2. The number of para-hydroxylation sites is 1. The van der Waals surface area contributed by atoms with E-state index in [0.717, 1.165) is 44.5 Å². The first-order chi connectivity index (χ1) is 13.1. The molecule has 4 rings (SSSR count). The van der Waals surface area contributed by atoms with Crippen molar-refractivity contribution in [2.45, 2.75) is 25.7 Å². The number of nitrogens with zero attached hydrogens (tertiary/aromatic N) is 1. The van der Waals surface area contributed by atoms with Gasteiger partial charge in [0.2, 0.25) is 0 Å². The molecule has 1 aliphatic heterocycles. The van der Waals surface area contributed by atoms with Crippen LogP contribution < -0.4 is 5.32 Å². The summed E-state index contributed by atoms with van der Waals surface area (Å²) in [7, 11) is 1.41. The van der Waals surface area contributed by atoms with E-state index in [0.29, 0.717) is 5.56 Å². The van der Waals surface area contributed by atoms with E-state index >= 15 is 0 Å². The highest BCUT2D eigenvalue weighted by Crippen LogP contribution is 2.43. The van der Waals surface area contributed by atoms with Crippen molar-refractivity contribution in [2.75, 3.05) is 25.5 Å². The molecular formula is C22H24N2O3. The first kappa shape index (κ1) is 17.6. The van der Waals surface area contributed by atoms with Crippen LogP contribution in [0.5, 0.6) is 0 Å². The Hall–Kier alpha value is -2.82. The second-order valence-electron chi connectivity index (χ2n) is 7.62. The number of esters is 1. The summed E-state index contributed by atoms with van der Waals surface area (Å²) in [6.45, 7) is 1.53. The highest BCUT2D eigenvalue weighted by Gasteiger charge is 2.42. The van der Waals surface area contributed by atoms with Crippen LogP contribution in [0.1, 0.15) is 34.3 Å². The van der Waals surface area contributed by atoms with Crippen molar-refractivity contribution >= 4 is 17.7 Å². The lowest BCUT2D eigenvalue weighted by Crippen LogP contribution is -2.37. The molecule has 140 valence electrons. The molecule has 1 N–H and O–H groups in total. The Morgan fingerprint density at radius 1 is 1.07 bits per heavy atom. The van der Waals surface area contributed by atoms with E-state index in [1.54, 1.807) is 0 Å². The lowest BCUT2D eigenvalue weighted by atomic mass is 9.71. The highest BCUT2D eigenvalue weighted by atomic mass is 16.5. The molecule has 1 aliphatic carbocycles. The van der Waals surface area contributed by atoms with Crippen LogP contribution in [-0.4, -0.2) is 37.1 Å². The van der Waals surface area contributed by atoms with E-state index in [4.69, 9.17) is 4.74 Å². The minimum Gasteiger partial charge on any atom is -0.465 e. The third-order valence-corrected chi connectivity index (χ3v) is 5.87. The van der Waals surface area contributed by atoms with Crippen LogP contribution in [0, 0.1) is 5.41 Å². The first-order valence-corrected chi connectivity index (χ1v) is 9.40. The predicted octanol–water partition coefficient (Wildman–Crippen LogP) is 3.89. The molecule has 1 heterocycles. The van der Waals surface area contributed by atoms with Gasteiger partial charge >= 0.3 is 12.0 Å².